The summed E-state index contributed by atoms with van der Waals surface area (Å²) < 4.78 is 5.57. The van der Waals surface area contributed by atoms with Crippen LogP contribution in [0.3, 0.4) is 0 Å². The lowest BCUT2D eigenvalue weighted by Gasteiger charge is -2.49. The summed E-state index contributed by atoms with van der Waals surface area (Å²) in [5, 5.41) is 4.42. The highest BCUT2D eigenvalue weighted by Crippen LogP contribution is 2.51. The van der Waals surface area contributed by atoms with Gasteiger partial charge in [-0.05, 0) is 49.4 Å². The van der Waals surface area contributed by atoms with E-state index in [0.29, 0.717) is 11.8 Å². The minimum atomic E-state index is 0.172. The molecule has 0 saturated heterocycles. The maximum atomic E-state index is 6.22. The zero-order valence-corrected chi connectivity index (χ0v) is 13.8. The standard InChI is InChI=1S/C17H26ClNO/c1-12(2)10-19-11-17(8-7-13(17)3)15-9-14(18)5-6-16(15)20-4/h5-6,9,12-13,19H,7-8,10-11H2,1-4H3. The highest BCUT2D eigenvalue weighted by Gasteiger charge is 2.46. The Kier molecular flexibility index (Phi) is 4.98. The molecule has 2 rings (SSSR count). The van der Waals surface area contributed by atoms with Crippen LogP contribution in [-0.2, 0) is 5.41 Å². The molecule has 1 saturated carbocycles. The summed E-state index contributed by atoms with van der Waals surface area (Å²) in [6.45, 7) is 8.87. The molecule has 1 aliphatic rings. The molecule has 1 N–H and O–H groups in total. The maximum absolute atomic E-state index is 6.22. The Labute approximate surface area is 127 Å². The van der Waals surface area contributed by atoms with Crippen molar-refractivity contribution in [1.82, 2.24) is 5.32 Å². The minimum absolute atomic E-state index is 0.172. The second-order valence-corrected chi connectivity index (χ2v) is 6.90. The number of hydrogen-bond acceptors (Lipinski definition) is 2. The number of halogens is 1. The Morgan fingerprint density at radius 1 is 1.45 bits per heavy atom. The Balaban J connectivity index is 2.26. The molecule has 0 bridgehead atoms. The van der Waals surface area contributed by atoms with Crippen molar-refractivity contribution in [2.75, 3.05) is 20.2 Å². The minimum Gasteiger partial charge on any atom is -0.496 e. The number of methoxy groups -OCH3 is 1. The summed E-state index contributed by atoms with van der Waals surface area (Å²) in [7, 11) is 1.74. The first kappa shape index (κ1) is 15.7. The summed E-state index contributed by atoms with van der Waals surface area (Å²) in [6.07, 6.45) is 2.48. The largest absolute Gasteiger partial charge is 0.496 e. The van der Waals surface area contributed by atoms with Crippen molar-refractivity contribution < 1.29 is 4.74 Å². The predicted molar refractivity (Wildman–Crippen MR) is 85.8 cm³/mol. The smallest absolute Gasteiger partial charge is 0.122 e. The van der Waals surface area contributed by atoms with Crippen LogP contribution in [-0.4, -0.2) is 20.2 Å². The fourth-order valence-corrected chi connectivity index (χ4v) is 3.36. The van der Waals surface area contributed by atoms with Gasteiger partial charge in [-0.2, -0.15) is 0 Å². The quantitative estimate of drug-likeness (QED) is 0.846. The predicted octanol–water partition coefficient (Wildman–Crippen LogP) is 4.26. The van der Waals surface area contributed by atoms with Gasteiger partial charge in [-0.15, -0.1) is 0 Å². The monoisotopic (exact) mass is 295 g/mol. The summed E-state index contributed by atoms with van der Waals surface area (Å²) in [5.74, 6) is 2.30. The van der Waals surface area contributed by atoms with Gasteiger partial charge in [-0.25, -0.2) is 0 Å². The van der Waals surface area contributed by atoms with Crippen molar-refractivity contribution >= 4 is 11.6 Å². The van der Waals surface area contributed by atoms with Gasteiger partial charge >= 0.3 is 0 Å². The second kappa shape index (κ2) is 6.36. The van der Waals surface area contributed by atoms with E-state index in [1.54, 1.807) is 7.11 Å². The fraction of sp³-hybridized carbons (Fsp3) is 0.647. The Morgan fingerprint density at radius 2 is 2.20 bits per heavy atom. The average Bonchev–Trinajstić information content (AvgIpc) is 2.41. The summed E-state index contributed by atoms with van der Waals surface area (Å²) >= 11 is 6.22. The molecule has 1 fully saturated rings. The zero-order chi connectivity index (χ0) is 14.8. The highest BCUT2D eigenvalue weighted by molar-refractivity contribution is 6.30. The third kappa shape index (κ3) is 2.96. The van der Waals surface area contributed by atoms with Crippen LogP contribution in [0.15, 0.2) is 18.2 Å². The number of benzene rings is 1. The maximum Gasteiger partial charge on any atom is 0.122 e. The van der Waals surface area contributed by atoms with Crippen molar-refractivity contribution in [3.05, 3.63) is 28.8 Å². The molecule has 0 aromatic heterocycles. The van der Waals surface area contributed by atoms with Gasteiger partial charge in [-0.3, -0.25) is 0 Å². The molecule has 0 spiro atoms. The van der Waals surface area contributed by atoms with Gasteiger partial charge in [0.25, 0.3) is 0 Å². The normalized spacial score (nSPS) is 25.6. The molecule has 20 heavy (non-hydrogen) atoms. The molecular weight excluding hydrogens is 270 g/mol. The molecule has 2 nitrogen and oxygen atoms in total. The third-order valence-corrected chi connectivity index (χ3v) is 4.89. The molecule has 0 amide bonds. The van der Waals surface area contributed by atoms with E-state index in [-0.39, 0.29) is 5.41 Å². The number of ether oxygens (including phenoxy) is 1. The Hall–Kier alpha value is -0.730. The number of hydrogen-bond donors (Lipinski definition) is 1. The first-order valence-electron chi connectivity index (χ1n) is 7.54. The average molecular weight is 296 g/mol. The number of nitrogens with one attached hydrogen (secondary N) is 1. The fourth-order valence-electron chi connectivity index (χ4n) is 3.19. The van der Waals surface area contributed by atoms with Crippen molar-refractivity contribution in [2.24, 2.45) is 11.8 Å². The van der Waals surface area contributed by atoms with Crippen LogP contribution in [0.1, 0.15) is 39.2 Å². The van der Waals surface area contributed by atoms with Crippen LogP contribution in [0.4, 0.5) is 0 Å². The van der Waals surface area contributed by atoms with Gasteiger partial charge in [0.05, 0.1) is 7.11 Å². The lowest BCUT2D eigenvalue weighted by atomic mass is 9.57. The number of rotatable bonds is 6. The van der Waals surface area contributed by atoms with E-state index >= 15 is 0 Å². The molecule has 3 heteroatoms. The van der Waals surface area contributed by atoms with Gasteiger partial charge < -0.3 is 10.1 Å². The van der Waals surface area contributed by atoms with Gasteiger partial charge in [0.2, 0.25) is 0 Å². The lowest BCUT2D eigenvalue weighted by molar-refractivity contribution is 0.129. The molecule has 0 aliphatic heterocycles. The van der Waals surface area contributed by atoms with Gasteiger partial charge in [0.1, 0.15) is 5.75 Å². The summed E-state index contributed by atoms with van der Waals surface area (Å²) in [4.78, 5) is 0. The molecule has 2 unspecified atom stereocenters. The topological polar surface area (TPSA) is 21.3 Å². The molecule has 2 atom stereocenters. The van der Waals surface area contributed by atoms with E-state index in [1.165, 1.54) is 18.4 Å². The van der Waals surface area contributed by atoms with Crippen LogP contribution in [0.25, 0.3) is 0 Å². The van der Waals surface area contributed by atoms with Crippen molar-refractivity contribution in [1.29, 1.82) is 0 Å². The zero-order valence-electron chi connectivity index (χ0n) is 13.0. The van der Waals surface area contributed by atoms with E-state index in [0.717, 1.165) is 23.9 Å². The van der Waals surface area contributed by atoms with Gasteiger partial charge in [-0.1, -0.05) is 32.4 Å². The van der Waals surface area contributed by atoms with Crippen LogP contribution in [0.2, 0.25) is 5.02 Å². The van der Waals surface area contributed by atoms with Gasteiger partial charge in [0.15, 0.2) is 0 Å². The molecule has 1 aliphatic carbocycles. The summed E-state index contributed by atoms with van der Waals surface area (Å²) in [6, 6.07) is 5.99. The molecule has 1 aromatic rings. The third-order valence-electron chi connectivity index (χ3n) is 4.66. The second-order valence-electron chi connectivity index (χ2n) is 6.47. The van der Waals surface area contributed by atoms with E-state index in [4.69, 9.17) is 16.3 Å². The van der Waals surface area contributed by atoms with Crippen LogP contribution < -0.4 is 10.1 Å². The first-order valence-corrected chi connectivity index (χ1v) is 7.92. The van der Waals surface area contributed by atoms with E-state index in [1.807, 2.05) is 12.1 Å². The van der Waals surface area contributed by atoms with Crippen molar-refractivity contribution in [3.63, 3.8) is 0 Å². The van der Waals surface area contributed by atoms with Crippen molar-refractivity contribution in [2.45, 2.75) is 39.0 Å². The Bertz CT molecular complexity index is 460. The molecule has 1 aromatic carbocycles. The Morgan fingerprint density at radius 3 is 2.70 bits per heavy atom. The summed E-state index contributed by atoms with van der Waals surface area (Å²) in [5.41, 5.74) is 1.44. The molecule has 112 valence electrons. The first-order chi connectivity index (χ1) is 9.49. The SMILES string of the molecule is COc1ccc(Cl)cc1C1(CNCC(C)C)CCC1C. The molecule has 0 radical (unpaired) electrons. The van der Waals surface area contributed by atoms with Crippen LogP contribution >= 0.6 is 11.6 Å². The van der Waals surface area contributed by atoms with Crippen LogP contribution in [0.5, 0.6) is 5.75 Å². The lowest BCUT2D eigenvalue weighted by Crippen LogP contribution is -2.50. The molecule has 0 heterocycles. The van der Waals surface area contributed by atoms with E-state index in [9.17, 15) is 0 Å². The van der Waals surface area contributed by atoms with Gasteiger partial charge in [0, 0.05) is 22.5 Å². The van der Waals surface area contributed by atoms with Crippen LogP contribution in [0, 0.1) is 11.8 Å². The highest BCUT2D eigenvalue weighted by atomic mass is 35.5. The van der Waals surface area contributed by atoms with E-state index < -0.39 is 0 Å². The van der Waals surface area contributed by atoms with E-state index in [2.05, 4.69) is 32.2 Å². The molecular formula is C17H26ClNO. The van der Waals surface area contributed by atoms with Crippen molar-refractivity contribution in [3.8, 4) is 5.75 Å².